The zero-order chi connectivity index (χ0) is 15.5. The first-order valence-corrected chi connectivity index (χ1v) is 6.84. The number of benzene rings is 1. The third kappa shape index (κ3) is 3.88. The number of amides is 1. The number of H-pyrrole nitrogens is 1. The molecule has 2 rings (SSSR count). The second kappa shape index (κ2) is 6.05. The molecule has 112 valence electrons. The van der Waals surface area contributed by atoms with Crippen molar-refractivity contribution in [1.29, 1.82) is 0 Å². The van der Waals surface area contributed by atoms with Gasteiger partial charge >= 0.3 is 0 Å². The fraction of sp³-hybridized carbons (Fsp3) is 0.400. The number of hydrogen-bond donors (Lipinski definition) is 3. The first-order valence-electron chi connectivity index (χ1n) is 6.84. The topological polar surface area (TPSA) is 90.9 Å². The Morgan fingerprint density at radius 1 is 1.29 bits per heavy atom. The Morgan fingerprint density at radius 3 is 2.48 bits per heavy atom. The molecule has 1 aromatic carbocycles. The quantitative estimate of drug-likeness (QED) is 0.801. The Labute approximate surface area is 123 Å². The number of anilines is 1. The minimum absolute atomic E-state index is 0.110. The Hall–Kier alpha value is -2.21. The van der Waals surface area contributed by atoms with Crippen LogP contribution in [-0.2, 0) is 11.8 Å². The smallest absolute Gasteiger partial charge is 0.295 e. The predicted molar refractivity (Wildman–Crippen MR) is 80.3 cm³/mol. The molecule has 0 saturated carbocycles. The average Bonchev–Trinajstić information content (AvgIpc) is 2.91. The van der Waals surface area contributed by atoms with Crippen LogP contribution in [0.5, 0.6) is 0 Å². The largest absolute Gasteiger partial charge is 0.396 e. The standard InChI is InChI=1S/C15H20N4O2/c1-15(2,3)14-17-12(18-19-14)13(21)16-11-6-4-10(5-7-11)8-9-20/h4-7,20H,8-9H2,1-3H3,(H,16,21)(H,17,18,19). The summed E-state index contributed by atoms with van der Waals surface area (Å²) < 4.78 is 0. The van der Waals surface area contributed by atoms with Crippen LogP contribution >= 0.6 is 0 Å². The van der Waals surface area contributed by atoms with Gasteiger partial charge in [0.15, 0.2) is 0 Å². The van der Waals surface area contributed by atoms with Gasteiger partial charge in [0.1, 0.15) is 5.82 Å². The summed E-state index contributed by atoms with van der Waals surface area (Å²) in [5, 5.41) is 18.3. The Kier molecular flexibility index (Phi) is 4.37. The van der Waals surface area contributed by atoms with E-state index in [-0.39, 0.29) is 23.8 Å². The van der Waals surface area contributed by atoms with Gasteiger partial charge in [0.25, 0.3) is 5.91 Å². The molecule has 1 heterocycles. The molecule has 1 aromatic heterocycles. The van der Waals surface area contributed by atoms with Crippen molar-refractivity contribution in [3.8, 4) is 0 Å². The van der Waals surface area contributed by atoms with E-state index in [4.69, 9.17) is 5.11 Å². The summed E-state index contributed by atoms with van der Waals surface area (Å²) in [7, 11) is 0. The van der Waals surface area contributed by atoms with Crippen molar-refractivity contribution >= 4 is 11.6 Å². The van der Waals surface area contributed by atoms with E-state index in [2.05, 4.69) is 20.5 Å². The monoisotopic (exact) mass is 288 g/mol. The lowest BCUT2D eigenvalue weighted by molar-refractivity contribution is 0.101. The number of aromatic amines is 1. The van der Waals surface area contributed by atoms with Crippen LogP contribution in [0.3, 0.4) is 0 Å². The summed E-state index contributed by atoms with van der Waals surface area (Å²) in [5.74, 6) is 0.446. The van der Waals surface area contributed by atoms with Gasteiger partial charge in [-0.2, -0.15) is 0 Å². The van der Waals surface area contributed by atoms with E-state index in [1.807, 2.05) is 32.9 Å². The molecule has 0 aliphatic heterocycles. The number of aliphatic hydroxyl groups excluding tert-OH is 1. The number of carbonyl (C=O) groups excluding carboxylic acids is 1. The van der Waals surface area contributed by atoms with E-state index in [0.29, 0.717) is 17.9 Å². The normalized spacial score (nSPS) is 11.4. The molecule has 3 N–H and O–H groups in total. The second-order valence-electron chi connectivity index (χ2n) is 5.88. The number of aliphatic hydroxyl groups is 1. The van der Waals surface area contributed by atoms with E-state index in [9.17, 15) is 4.79 Å². The maximum atomic E-state index is 12.1. The Balaban J connectivity index is 2.05. The highest BCUT2D eigenvalue weighted by Crippen LogP contribution is 2.17. The van der Waals surface area contributed by atoms with Crippen LogP contribution < -0.4 is 5.32 Å². The van der Waals surface area contributed by atoms with Gasteiger partial charge in [0.2, 0.25) is 5.82 Å². The van der Waals surface area contributed by atoms with Crippen LogP contribution in [-0.4, -0.2) is 32.8 Å². The Bertz CT molecular complexity index is 611. The van der Waals surface area contributed by atoms with Crippen molar-refractivity contribution in [2.45, 2.75) is 32.6 Å². The molecule has 0 spiro atoms. The average molecular weight is 288 g/mol. The van der Waals surface area contributed by atoms with E-state index >= 15 is 0 Å². The summed E-state index contributed by atoms with van der Waals surface area (Å²) in [4.78, 5) is 16.3. The summed E-state index contributed by atoms with van der Waals surface area (Å²) in [6.07, 6.45) is 0.601. The molecule has 6 nitrogen and oxygen atoms in total. The van der Waals surface area contributed by atoms with Crippen molar-refractivity contribution in [2.75, 3.05) is 11.9 Å². The first-order chi connectivity index (χ1) is 9.90. The maximum Gasteiger partial charge on any atom is 0.295 e. The molecule has 1 amide bonds. The summed E-state index contributed by atoms with van der Waals surface area (Å²) in [6, 6.07) is 7.31. The van der Waals surface area contributed by atoms with Gasteiger partial charge < -0.3 is 10.4 Å². The van der Waals surface area contributed by atoms with Crippen molar-refractivity contribution in [2.24, 2.45) is 0 Å². The molecule has 6 heteroatoms. The van der Waals surface area contributed by atoms with Gasteiger partial charge in [-0.3, -0.25) is 9.89 Å². The van der Waals surface area contributed by atoms with Crippen LogP contribution in [0, 0.1) is 0 Å². The van der Waals surface area contributed by atoms with Crippen molar-refractivity contribution in [1.82, 2.24) is 15.2 Å². The van der Waals surface area contributed by atoms with Gasteiger partial charge in [-0.25, -0.2) is 4.98 Å². The minimum atomic E-state index is -0.350. The lowest BCUT2D eigenvalue weighted by Gasteiger charge is -2.12. The van der Waals surface area contributed by atoms with Gasteiger partial charge in [0.05, 0.1) is 0 Å². The van der Waals surface area contributed by atoms with E-state index in [1.165, 1.54) is 0 Å². The zero-order valence-electron chi connectivity index (χ0n) is 12.5. The fourth-order valence-corrected chi connectivity index (χ4v) is 1.77. The predicted octanol–water partition coefficient (Wildman–Crippen LogP) is 1.89. The lowest BCUT2D eigenvalue weighted by Crippen LogP contribution is -2.16. The third-order valence-electron chi connectivity index (χ3n) is 3.01. The highest BCUT2D eigenvalue weighted by molar-refractivity contribution is 6.01. The molecule has 2 aromatic rings. The molecule has 0 fully saturated rings. The Morgan fingerprint density at radius 2 is 1.95 bits per heavy atom. The molecule has 0 unspecified atom stereocenters. The molecule has 0 bridgehead atoms. The summed E-state index contributed by atoms with van der Waals surface area (Å²) in [6.45, 7) is 6.09. The first kappa shape index (κ1) is 15.2. The molecular weight excluding hydrogens is 268 g/mol. The number of nitrogens with one attached hydrogen (secondary N) is 2. The number of carbonyl (C=O) groups is 1. The van der Waals surface area contributed by atoms with E-state index in [0.717, 1.165) is 5.56 Å². The van der Waals surface area contributed by atoms with Crippen molar-refractivity contribution in [3.63, 3.8) is 0 Å². The molecule has 0 radical (unpaired) electrons. The molecule has 0 aliphatic carbocycles. The second-order valence-corrected chi connectivity index (χ2v) is 5.88. The zero-order valence-corrected chi connectivity index (χ0v) is 12.5. The number of rotatable bonds is 4. The van der Waals surface area contributed by atoms with Crippen LogP contribution in [0.1, 0.15) is 42.8 Å². The van der Waals surface area contributed by atoms with Crippen LogP contribution in [0.4, 0.5) is 5.69 Å². The summed E-state index contributed by atoms with van der Waals surface area (Å²) in [5.41, 5.74) is 1.50. The van der Waals surface area contributed by atoms with Crippen molar-refractivity contribution < 1.29 is 9.90 Å². The highest BCUT2D eigenvalue weighted by atomic mass is 16.3. The number of aromatic nitrogens is 3. The minimum Gasteiger partial charge on any atom is -0.396 e. The molecule has 0 saturated heterocycles. The van der Waals surface area contributed by atoms with Gasteiger partial charge in [-0.1, -0.05) is 32.9 Å². The maximum absolute atomic E-state index is 12.1. The number of hydrogen-bond acceptors (Lipinski definition) is 4. The molecule has 0 atom stereocenters. The lowest BCUT2D eigenvalue weighted by atomic mass is 9.96. The van der Waals surface area contributed by atoms with Crippen molar-refractivity contribution in [3.05, 3.63) is 41.5 Å². The molecule has 21 heavy (non-hydrogen) atoms. The molecular formula is C15H20N4O2. The SMILES string of the molecule is CC(C)(C)c1nc(C(=O)Nc2ccc(CCO)cc2)n[nH]1. The van der Waals surface area contributed by atoms with Crippen LogP contribution in [0.25, 0.3) is 0 Å². The van der Waals surface area contributed by atoms with Gasteiger partial charge in [-0.15, -0.1) is 5.10 Å². The molecule has 0 aliphatic rings. The van der Waals surface area contributed by atoms with Gasteiger partial charge in [-0.05, 0) is 24.1 Å². The van der Waals surface area contributed by atoms with Gasteiger partial charge in [0, 0.05) is 17.7 Å². The van der Waals surface area contributed by atoms with E-state index < -0.39 is 0 Å². The number of nitrogens with zero attached hydrogens (tertiary/aromatic N) is 2. The van der Waals surface area contributed by atoms with Crippen LogP contribution in [0.15, 0.2) is 24.3 Å². The van der Waals surface area contributed by atoms with Crippen LogP contribution in [0.2, 0.25) is 0 Å². The third-order valence-corrected chi connectivity index (χ3v) is 3.01. The highest BCUT2D eigenvalue weighted by Gasteiger charge is 2.21. The van der Waals surface area contributed by atoms with E-state index in [1.54, 1.807) is 12.1 Å². The summed E-state index contributed by atoms with van der Waals surface area (Å²) >= 11 is 0. The fourth-order valence-electron chi connectivity index (χ4n) is 1.77.